The highest BCUT2D eigenvalue weighted by atomic mass is 32.2. The Labute approximate surface area is 81.7 Å². The lowest BCUT2D eigenvalue weighted by molar-refractivity contribution is -0.109. The first-order valence-corrected chi connectivity index (χ1v) is 5.98. The minimum absolute atomic E-state index is 0.00624. The summed E-state index contributed by atoms with van der Waals surface area (Å²) in [6.45, 7) is 1.61. The van der Waals surface area contributed by atoms with Gasteiger partial charge in [0.05, 0.1) is 6.61 Å². The molecule has 0 radical (unpaired) electrons. The van der Waals surface area contributed by atoms with Gasteiger partial charge in [-0.05, 0) is 0 Å². The maximum atomic E-state index is 11.2. The zero-order valence-electron chi connectivity index (χ0n) is 7.81. The van der Waals surface area contributed by atoms with E-state index in [2.05, 4.69) is 9.05 Å². The number of phosphoric ester groups is 1. The van der Waals surface area contributed by atoms with E-state index in [1.54, 1.807) is 0 Å². The van der Waals surface area contributed by atoms with Gasteiger partial charge in [0.2, 0.25) is 0 Å². The number of rotatable bonds is 6. The van der Waals surface area contributed by atoms with E-state index in [1.165, 1.54) is 21.1 Å². The predicted molar refractivity (Wildman–Crippen MR) is 50.7 cm³/mol. The zero-order valence-corrected chi connectivity index (χ0v) is 9.52. The molecule has 0 saturated carbocycles. The molecule has 0 amide bonds. The van der Waals surface area contributed by atoms with E-state index in [0.717, 1.165) is 11.8 Å². The summed E-state index contributed by atoms with van der Waals surface area (Å²) in [4.78, 5) is 10.5. The zero-order chi connectivity index (χ0) is 10.3. The summed E-state index contributed by atoms with van der Waals surface area (Å²) in [6.07, 6.45) is 0. The Balaban J connectivity index is 3.62. The molecule has 0 aliphatic heterocycles. The van der Waals surface area contributed by atoms with Crippen molar-refractivity contribution in [2.75, 3.05) is 26.6 Å². The molecule has 0 atom stereocenters. The first-order valence-electron chi connectivity index (χ1n) is 3.53. The minimum Gasteiger partial charge on any atom is -0.290 e. The molecule has 0 aliphatic carbocycles. The van der Waals surface area contributed by atoms with Crippen molar-refractivity contribution in [3.05, 3.63) is 0 Å². The third-order valence-electron chi connectivity index (χ3n) is 1.09. The Morgan fingerprint density at radius 2 is 1.92 bits per heavy atom. The molecule has 0 spiro atoms. The highest BCUT2D eigenvalue weighted by molar-refractivity contribution is 8.13. The number of carbonyl (C=O) groups excluding carboxylic acids is 1. The van der Waals surface area contributed by atoms with Crippen LogP contribution < -0.4 is 0 Å². The highest BCUT2D eigenvalue weighted by Gasteiger charge is 2.21. The van der Waals surface area contributed by atoms with Gasteiger partial charge in [-0.3, -0.25) is 18.4 Å². The fourth-order valence-electron chi connectivity index (χ4n) is 0.514. The molecule has 0 bridgehead atoms. The van der Waals surface area contributed by atoms with E-state index in [-0.39, 0.29) is 11.7 Å². The molecule has 0 rings (SSSR count). The van der Waals surface area contributed by atoms with Crippen molar-refractivity contribution in [1.82, 2.24) is 0 Å². The maximum absolute atomic E-state index is 11.2. The number of hydrogen-bond acceptors (Lipinski definition) is 6. The topological polar surface area (TPSA) is 61.8 Å². The molecule has 0 N–H and O–H groups in total. The van der Waals surface area contributed by atoms with Gasteiger partial charge in [-0.15, -0.1) is 0 Å². The van der Waals surface area contributed by atoms with Crippen molar-refractivity contribution < 1.29 is 22.9 Å². The molecule has 0 aliphatic rings. The Kier molecular flexibility index (Phi) is 6.63. The van der Waals surface area contributed by atoms with Crippen LogP contribution >= 0.6 is 19.6 Å². The van der Waals surface area contributed by atoms with Crippen molar-refractivity contribution in [3.8, 4) is 0 Å². The highest BCUT2D eigenvalue weighted by Crippen LogP contribution is 2.47. The summed E-state index contributed by atoms with van der Waals surface area (Å²) in [7, 11) is -0.889. The molecule has 13 heavy (non-hydrogen) atoms. The molecule has 5 nitrogen and oxygen atoms in total. The van der Waals surface area contributed by atoms with Crippen molar-refractivity contribution >= 4 is 24.7 Å². The van der Waals surface area contributed by atoms with Crippen LogP contribution in [-0.4, -0.2) is 31.7 Å². The number of hydrogen-bond donors (Lipinski definition) is 0. The van der Waals surface area contributed by atoms with Crippen LogP contribution in [0.15, 0.2) is 0 Å². The molecule has 0 heterocycles. The van der Waals surface area contributed by atoms with E-state index in [0.29, 0.717) is 5.75 Å². The molecule has 78 valence electrons. The maximum Gasteiger partial charge on any atom is 0.474 e. The van der Waals surface area contributed by atoms with Gasteiger partial charge in [-0.25, -0.2) is 4.57 Å². The van der Waals surface area contributed by atoms with E-state index in [4.69, 9.17) is 4.52 Å². The van der Waals surface area contributed by atoms with E-state index < -0.39 is 7.82 Å². The summed E-state index contributed by atoms with van der Waals surface area (Å²) in [5, 5.41) is -0.00624. The van der Waals surface area contributed by atoms with Crippen molar-refractivity contribution in [2.24, 2.45) is 0 Å². The molecule has 0 aromatic carbocycles. The second kappa shape index (κ2) is 6.56. The average molecular weight is 228 g/mol. The number of carbonyl (C=O) groups is 1. The average Bonchev–Trinajstić information content (AvgIpc) is 2.12. The fourth-order valence-corrected chi connectivity index (χ4v) is 1.77. The summed E-state index contributed by atoms with van der Waals surface area (Å²) < 4.78 is 25.1. The smallest absolute Gasteiger partial charge is 0.290 e. The summed E-state index contributed by atoms with van der Waals surface area (Å²) in [5.74, 6) is 0.437. The lowest BCUT2D eigenvalue weighted by atomic mass is 10.9. The molecule has 7 heteroatoms. The van der Waals surface area contributed by atoms with E-state index >= 15 is 0 Å². The van der Waals surface area contributed by atoms with Crippen LogP contribution in [0.2, 0.25) is 0 Å². The third kappa shape index (κ3) is 6.23. The Bertz CT molecular complexity index is 199. The van der Waals surface area contributed by atoms with E-state index in [9.17, 15) is 9.36 Å². The van der Waals surface area contributed by atoms with Crippen LogP contribution in [0.25, 0.3) is 0 Å². The van der Waals surface area contributed by atoms with Crippen LogP contribution in [0, 0.1) is 0 Å². The Hall–Kier alpha value is 0.130. The summed E-state index contributed by atoms with van der Waals surface area (Å²) >= 11 is 1.10. The Morgan fingerprint density at radius 3 is 2.31 bits per heavy atom. The van der Waals surface area contributed by atoms with Crippen LogP contribution in [0.1, 0.15) is 6.92 Å². The predicted octanol–water partition coefficient (Wildman–Crippen LogP) is 1.68. The SMILES string of the molecule is COP(=O)(OC)OCCSC(C)=O. The Morgan fingerprint density at radius 1 is 1.38 bits per heavy atom. The van der Waals surface area contributed by atoms with Crippen molar-refractivity contribution in [3.63, 3.8) is 0 Å². The molecule has 0 aromatic rings. The number of thioether (sulfide) groups is 1. The van der Waals surface area contributed by atoms with Crippen molar-refractivity contribution in [2.45, 2.75) is 6.92 Å². The van der Waals surface area contributed by atoms with Gasteiger partial charge in [0.15, 0.2) is 5.12 Å². The van der Waals surface area contributed by atoms with Gasteiger partial charge in [-0.2, -0.15) is 0 Å². The lowest BCUT2D eigenvalue weighted by Crippen LogP contribution is -2.00. The third-order valence-corrected chi connectivity index (χ3v) is 3.26. The van der Waals surface area contributed by atoms with Crippen LogP contribution in [0.3, 0.4) is 0 Å². The largest absolute Gasteiger partial charge is 0.474 e. The minimum atomic E-state index is -3.37. The molecule has 0 unspecified atom stereocenters. The first-order chi connectivity index (χ1) is 6.04. The van der Waals surface area contributed by atoms with Crippen molar-refractivity contribution in [1.29, 1.82) is 0 Å². The molecule has 0 aromatic heterocycles. The van der Waals surface area contributed by atoms with Gasteiger partial charge >= 0.3 is 7.82 Å². The lowest BCUT2D eigenvalue weighted by Gasteiger charge is -2.12. The van der Waals surface area contributed by atoms with Gasteiger partial charge in [-0.1, -0.05) is 11.8 Å². The molecular weight excluding hydrogens is 215 g/mol. The van der Waals surface area contributed by atoms with Crippen LogP contribution in [-0.2, 0) is 22.9 Å². The monoisotopic (exact) mass is 228 g/mol. The normalized spacial score (nSPS) is 11.6. The molecule has 0 saturated heterocycles. The van der Waals surface area contributed by atoms with Gasteiger partial charge < -0.3 is 0 Å². The second-order valence-electron chi connectivity index (χ2n) is 1.99. The van der Waals surface area contributed by atoms with Crippen LogP contribution in [0.5, 0.6) is 0 Å². The van der Waals surface area contributed by atoms with Gasteiger partial charge in [0.25, 0.3) is 0 Å². The molecular formula is C6H13O5PS. The summed E-state index contributed by atoms with van der Waals surface area (Å²) in [5.41, 5.74) is 0. The number of phosphoric acid groups is 1. The quantitative estimate of drug-likeness (QED) is 0.509. The van der Waals surface area contributed by atoms with Crippen LogP contribution in [0.4, 0.5) is 0 Å². The van der Waals surface area contributed by atoms with Gasteiger partial charge in [0.1, 0.15) is 0 Å². The van der Waals surface area contributed by atoms with Gasteiger partial charge in [0, 0.05) is 26.9 Å². The second-order valence-corrected chi connectivity index (χ2v) is 5.14. The fraction of sp³-hybridized carbons (Fsp3) is 0.833. The first kappa shape index (κ1) is 13.1. The summed E-state index contributed by atoms with van der Waals surface area (Å²) in [6, 6.07) is 0. The standard InChI is InChI=1S/C6H13O5PS/c1-6(7)13-5-4-11-12(8,9-2)10-3/h4-5H2,1-3H3. The van der Waals surface area contributed by atoms with E-state index in [1.807, 2.05) is 0 Å². The molecule has 0 fully saturated rings.